The minimum absolute atomic E-state index is 0.0642. The van der Waals surface area contributed by atoms with Crippen molar-refractivity contribution in [2.75, 3.05) is 27.7 Å². The largest absolute Gasteiger partial charge is 0.497 e. The van der Waals surface area contributed by atoms with Gasteiger partial charge in [0.2, 0.25) is 5.91 Å². The molecule has 1 N–H and O–H groups in total. The Bertz CT molecular complexity index is 775. The lowest BCUT2D eigenvalue weighted by atomic mass is 10.1. The lowest BCUT2D eigenvalue weighted by Gasteiger charge is -2.24. The molecule has 0 aliphatic carbocycles. The zero-order chi connectivity index (χ0) is 18.6. The molecule has 0 aromatic heterocycles. The van der Waals surface area contributed by atoms with Crippen molar-refractivity contribution in [3.05, 3.63) is 42.0 Å². The molecule has 0 saturated carbocycles. The van der Waals surface area contributed by atoms with E-state index >= 15 is 0 Å². The lowest BCUT2D eigenvalue weighted by Crippen LogP contribution is -2.43. The summed E-state index contributed by atoms with van der Waals surface area (Å²) in [6.07, 6.45) is 0. The molecular weight excluding hydrogens is 320 g/mol. The summed E-state index contributed by atoms with van der Waals surface area (Å²) in [5.74, 6) is -0.253. The standard InChI is InChI=1S/C19H24N2O4/c1-13(19(23)24)20(2)12-18(22)21(3)11-14-5-6-16-10-17(25-4)8-7-15(16)9-14/h5-10,13H,11-12H2,1-4H3,(H,23,24). The molecule has 0 fully saturated rings. The normalized spacial score (nSPS) is 12.2. The van der Waals surface area contributed by atoms with Gasteiger partial charge in [-0.1, -0.05) is 18.2 Å². The third kappa shape index (κ3) is 4.70. The van der Waals surface area contributed by atoms with Crippen molar-refractivity contribution in [2.45, 2.75) is 19.5 Å². The van der Waals surface area contributed by atoms with Crippen molar-refractivity contribution in [2.24, 2.45) is 0 Å². The first-order valence-electron chi connectivity index (χ1n) is 8.05. The maximum Gasteiger partial charge on any atom is 0.320 e. The van der Waals surface area contributed by atoms with Gasteiger partial charge in [0.15, 0.2) is 0 Å². The molecule has 2 aromatic carbocycles. The average Bonchev–Trinajstić information content (AvgIpc) is 2.60. The number of amides is 1. The van der Waals surface area contributed by atoms with Crippen molar-refractivity contribution in [1.82, 2.24) is 9.80 Å². The predicted molar refractivity (Wildman–Crippen MR) is 96.7 cm³/mol. The summed E-state index contributed by atoms with van der Waals surface area (Å²) in [5.41, 5.74) is 1.02. The second kappa shape index (κ2) is 7.98. The van der Waals surface area contributed by atoms with Gasteiger partial charge in [-0.15, -0.1) is 0 Å². The maximum atomic E-state index is 12.3. The molecule has 0 bridgehead atoms. The molecular formula is C19H24N2O4. The van der Waals surface area contributed by atoms with Crippen LogP contribution in [0, 0.1) is 0 Å². The highest BCUT2D eigenvalue weighted by Crippen LogP contribution is 2.22. The number of ether oxygens (including phenoxy) is 1. The molecule has 0 saturated heterocycles. The van der Waals surface area contributed by atoms with Gasteiger partial charge in [-0.05, 0) is 48.5 Å². The Kier molecular flexibility index (Phi) is 5.98. The van der Waals surface area contributed by atoms with Crippen LogP contribution in [0.4, 0.5) is 0 Å². The molecule has 0 aliphatic rings. The fourth-order valence-corrected chi connectivity index (χ4v) is 2.52. The second-order valence-corrected chi connectivity index (χ2v) is 6.23. The fraction of sp³-hybridized carbons (Fsp3) is 0.368. The van der Waals surface area contributed by atoms with Crippen LogP contribution in [0.15, 0.2) is 36.4 Å². The van der Waals surface area contributed by atoms with E-state index < -0.39 is 12.0 Å². The van der Waals surface area contributed by atoms with Gasteiger partial charge in [-0.25, -0.2) is 0 Å². The first-order chi connectivity index (χ1) is 11.8. The maximum absolute atomic E-state index is 12.3. The minimum atomic E-state index is -0.942. The molecule has 1 unspecified atom stereocenters. The molecule has 1 atom stereocenters. The lowest BCUT2D eigenvalue weighted by molar-refractivity contribution is -0.143. The van der Waals surface area contributed by atoms with Crippen molar-refractivity contribution in [1.29, 1.82) is 0 Å². The van der Waals surface area contributed by atoms with Gasteiger partial charge in [-0.2, -0.15) is 0 Å². The van der Waals surface area contributed by atoms with Crippen LogP contribution in [0.5, 0.6) is 5.75 Å². The summed E-state index contributed by atoms with van der Waals surface area (Å²) in [7, 11) is 4.99. The van der Waals surface area contributed by atoms with Gasteiger partial charge in [0.1, 0.15) is 11.8 Å². The number of fused-ring (bicyclic) bond motifs is 1. The van der Waals surface area contributed by atoms with E-state index in [0.29, 0.717) is 6.54 Å². The third-order valence-electron chi connectivity index (χ3n) is 4.36. The number of nitrogens with zero attached hydrogens (tertiary/aromatic N) is 2. The molecule has 2 aromatic rings. The smallest absolute Gasteiger partial charge is 0.320 e. The summed E-state index contributed by atoms with van der Waals surface area (Å²) < 4.78 is 5.22. The van der Waals surface area contributed by atoms with Crippen molar-refractivity contribution < 1.29 is 19.4 Å². The quantitative estimate of drug-likeness (QED) is 0.834. The predicted octanol–water partition coefficient (Wildman–Crippen LogP) is 2.21. The monoisotopic (exact) mass is 344 g/mol. The Hall–Kier alpha value is -2.60. The van der Waals surface area contributed by atoms with Gasteiger partial charge in [0.05, 0.1) is 13.7 Å². The van der Waals surface area contributed by atoms with Crippen LogP contribution in [0.3, 0.4) is 0 Å². The zero-order valence-corrected chi connectivity index (χ0v) is 15.0. The van der Waals surface area contributed by atoms with E-state index in [9.17, 15) is 9.59 Å². The summed E-state index contributed by atoms with van der Waals surface area (Å²) >= 11 is 0. The summed E-state index contributed by atoms with van der Waals surface area (Å²) in [4.78, 5) is 26.4. The number of rotatable bonds is 7. The van der Waals surface area contributed by atoms with Gasteiger partial charge >= 0.3 is 5.97 Å². The minimum Gasteiger partial charge on any atom is -0.497 e. The molecule has 25 heavy (non-hydrogen) atoms. The number of hydrogen-bond donors (Lipinski definition) is 1. The molecule has 134 valence electrons. The second-order valence-electron chi connectivity index (χ2n) is 6.23. The fourth-order valence-electron chi connectivity index (χ4n) is 2.52. The number of carbonyl (C=O) groups excluding carboxylic acids is 1. The Morgan fingerprint density at radius 1 is 1.12 bits per heavy atom. The molecule has 6 nitrogen and oxygen atoms in total. The molecule has 0 spiro atoms. The van der Waals surface area contributed by atoms with Crippen LogP contribution in [0.1, 0.15) is 12.5 Å². The molecule has 0 heterocycles. The summed E-state index contributed by atoms with van der Waals surface area (Å²) in [6.45, 7) is 2.10. The highest BCUT2D eigenvalue weighted by molar-refractivity contribution is 5.85. The van der Waals surface area contributed by atoms with Crippen molar-refractivity contribution >= 4 is 22.6 Å². The van der Waals surface area contributed by atoms with Crippen LogP contribution >= 0.6 is 0 Å². The third-order valence-corrected chi connectivity index (χ3v) is 4.36. The van der Waals surface area contributed by atoms with Crippen molar-refractivity contribution in [3.63, 3.8) is 0 Å². The van der Waals surface area contributed by atoms with E-state index in [2.05, 4.69) is 0 Å². The van der Waals surface area contributed by atoms with Crippen molar-refractivity contribution in [3.8, 4) is 5.75 Å². The first-order valence-corrected chi connectivity index (χ1v) is 8.05. The highest BCUT2D eigenvalue weighted by atomic mass is 16.5. The highest BCUT2D eigenvalue weighted by Gasteiger charge is 2.20. The van der Waals surface area contributed by atoms with E-state index in [-0.39, 0.29) is 12.5 Å². The zero-order valence-electron chi connectivity index (χ0n) is 15.0. The molecule has 0 aliphatic heterocycles. The molecule has 2 rings (SSSR count). The summed E-state index contributed by atoms with van der Waals surface area (Å²) in [6, 6.07) is 11.2. The number of carboxylic acid groups (broad SMARTS) is 1. The number of benzene rings is 2. The van der Waals surface area contributed by atoms with Gasteiger partial charge in [0.25, 0.3) is 0 Å². The van der Waals surface area contributed by atoms with Gasteiger partial charge in [0, 0.05) is 13.6 Å². The topological polar surface area (TPSA) is 70.1 Å². The molecule has 1 amide bonds. The van der Waals surface area contributed by atoms with Crippen LogP contribution < -0.4 is 4.74 Å². The Morgan fingerprint density at radius 2 is 1.76 bits per heavy atom. The number of methoxy groups -OCH3 is 1. The first kappa shape index (κ1) is 18.7. The van der Waals surface area contributed by atoms with E-state index in [1.807, 2.05) is 36.4 Å². The number of hydrogen-bond acceptors (Lipinski definition) is 4. The van der Waals surface area contributed by atoms with Crippen LogP contribution in [0.25, 0.3) is 10.8 Å². The Morgan fingerprint density at radius 3 is 2.40 bits per heavy atom. The molecule has 6 heteroatoms. The summed E-state index contributed by atoms with van der Waals surface area (Å²) in [5, 5.41) is 11.2. The van der Waals surface area contributed by atoms with E-state index in [1.54, 1.807) is 33.0 Å². The van der Waals surface area contributed by atoms with Crippen LogP contribution in [0.2, 0.25) is 0 Å². The van der Waals surface area contributed by atoms with Gasteiger partial charge < -0.3 is 14.7 Å². The van der Waals surface area contributed by atoms with Crippen LogP contribution in [-0.4, -0.2) is 60.6 Å². The Labute approximate surface area is 147 Å². The van der Waals surface area contributed by atoms with E-state index in [0.717, 1.165) is 22.1 Å². The number of carbonyl (C=O) groups is 2. The number of likely N-dealkylation sites (N-methyl/N-ethyl adjacent to an activating group) is 2. The van der Waals surface area contributed by atoms with E-state index in [1.165, 1.54) is 4.90 Å². The van der Waals surface area contributed by atoms with E-state index in [4.69, 9.17) is 9.84 Å². The SMILES string of the molecule is COc1ccc2cc(CN(C)C(=O)CN(C)C(C)C(=O)O)ccc2c1. The number of carboxylic acids is 1. The van der Waals surface area contributed by atoms with Crippen LogP contribution in [-0.2, 0) is 16.1 Å². The average molecular weight is 344 g/mol. The number of aliphatic carboxylic acids is 1. The Balaban J connectivity index is 2.04. The molecule has 0 radical (unpaired) electrons. The van der Waals surface area contributed by atoms with Gasteiger partial charge in [-0.3, -0.25) is 14.5 Å².